The fourth-order valence-corrected chi connectivity index (χ4v) is 3.28. The van der Waals surface area contributed by atoms with E-state index in [9.17, 15) is 4.79 Å². The first-order valence-electron chi connectivity index (χ1n) is 7.83. The van der Waals surface area contributed by atoms with Crippen LogP contribution in [-0.2, 0) is 14.3 Å². The predicted molar refractivity (Wildman–Crippen MR) is 77.4 cm³/mol. The first-order chi connectivity index (χ1) is 9.69. The van der Waals surface area contributed by atoms with Gasteiger partial charge in [0.15, 0.2) is 0 Å². The minimum atomic E-state index is -0.475. The maximum Gasteiger partial charge on any atom is 0.238 e. The minimum absolute atomic E-state index is 0.175. The number of nitrogens with one attached hydrogen (secondary N) is 1. The fourth-order valence-electron chi connectivity index (χ4n) is 3.28. The summed E-state index contributed by atoms with van der Waals surface area (Å²) in [5.41, 5.74) is 5.24. The number of hydrogen-bond acceptors (Lipinski definition) is 4. The lowest BCUT2D eigenvalue weighted by atomic mass is 9.84. The molecule has 2 aliphatic carbocycles. The first kappa shape index (κ1) is 15.7. The third kappa shape index (κ3) is 3.93. The number of primary amides is 1. The number of methoxy groups -OCH3 is 1. The smallest absolute Gasteiger partial charge is 0.238 e. The van der Waals surface area contributed by atoms with E-state index in [1.807, 2.05) is 0 Å². The molecule has 20 heavy (non-hydrogen) atoms. The summed E-state index contributed by atoms with van der Waals surface area (Å²) in [6.45, 7) is 2.16. The number of ether oxygens (including phenoxy) is 2. The van der Waals surface area contributed by atoms with Crippen LogP contribution in [0.15, 0.2) is 0 Å². The molecule has 0 heterocycles. The number of rotatable bonds is 10. The number of nitrogens with two attached hydrogens (primary N) is 1. The van der Waals surface area contributed by atoms with Crippen LogP contribution in [0.4, 0.5) is 0 Å². The highest BCUT2D eigenvalue weighted by atomic mass is 16.5. The molecule has 2 atom stereocenters. The van der Waals surface area contributed by atoms with Gasteiger partial charge in [-0.25, -0.2) is 0 Å². The summed E-state index contributed by atoms with van der Waals surface area (Å²) in [5.74, 6) is 0.148. The SMILES string of the molecule is COCCCOCCC1CCCC1(NC1CC1)C(N)=O. The van der Waals surface area contributed by atoms with E-state index in [4.69, 9.17) is 15.2 Å². The number of hydrogen-bond donors (Lipinski definition) is 2. The van der Waals surface area contributed by atoms with Crippen LogP contribution in [0.25, 0.3) is 0 Å². The van der Waals surface area contributed by atoms with Crippen molar-refractivity contribution in [2.45, 2.75) is 56.5 Å². The molecule has 3 N–H and O–H groups in total. The van der Waals surface area contributed by atoms with Crippen LogP contribution in [0.2, 0.25) is 0 Å². The summed E-state index contributed by atoms with van der Waals surface area (Å²) >= 11 is 0. The third-order valence-electron chi connectivity index (χ3n) is 4.55. The van der Waals surface area contributed by atoms with Crippen molar-refractivity contribution in [3.05, 3.63) is 0 Å². The molecule has 0 aromatic carbocycles. The molecule has 2 aliphatic rings. The molecule has 5 heteroatoms. The molecular weight excluding hydrogens is 256 g/mol. The van der Waals surface area contributed by atoms with E-state index < -0.39 is 5.54 Å². The van der Waals surface area contributed by atoms with Crippen molar-refractivity contribution in [1.82, 2.24) is 5.32 Å². The zero-order valence-electron chi connectivity index (χ0n) is 12.5. The van der Waals surface area contributed by atoms with Crippen LogP contribution < -0.4 is 11.1 Å². The van der Waals surface area contributed by atoms with E-state index in [0.717, 1.165) is 45.3 Å². The van der Waals surface area contributed by atoms with E-state index >= 15 is 0 Å². The maximum absolute atomic E-state index is 12.0. The van der Waals surface area contributed by atoms with E-state index in [2.05, 4.69) is 5.32 Å². The Hall–Kier alpha value is -0.650. The Morgan fingerprint density at radius 1 is 1.30 bits per heavy atom. The molecule has 0 aromatic rings. The monoisotopic (exact) mass is 284 g/mol. The lowest BCUT2D eigenvalue weighted by molar-refractivity contribution is -0.126. The normalized spacial score (nSPS) is 29.8. The Morgan fingerprint density at radius 2 is 2.10 bits per heavy atom. The summed E-state index contributed by atoms with van der Waals surface area (Å²) < 4.78 is 10.6. The lowest BCUT2D eigenvalue weighted by Crippen LogP contribution is -2.58. The van der Waals surface area contributed by atoms with E-state index in [-0.39, 0.29) is 5.91 Å². The van der Waals surface area contributed by atoms with Crippen LogP contribution in [0, 0.1) is 5.92 Å². The topological polar surface area (TPSA) is 73.6 Å². The van der Waals surface area contributed by atoms with Crippen molar-refractivity contribution in [2.24, 2.45) is 11.7 Å². The summed E-state index contributed by atoms with van der Waals surface area (Å²) in [4.78, 5) is 12.0. The zero-order chi connectivity index (χ0) is 14.4. The third-order valence-corrected chi connectivity index (χ3v) is 4.55. The van der Waals surface area contributed by atoms with Crippen molar-refractivity contribution in [1.29, 1.82) is 0 Å². The van der Waals surface area contributed by atoms with Gasteiger partial charge in [-0.1, -0.05) is 6.42 Å². The Morgan fingerprint density at radius 3 is 2.75 bits per heavy atom. The van der Waals surface area contributed by atoms with E-state index in [0.29, 0.717) is 18.6 Å². The summed E-state index contributed by atoms with van der Waals surface area (Å²) in [6.07, 6.45) is 7.22. The molecular formula is C15H28N2O3. The summed E-state index contributed by atoms with van der Waals surface area (Å²) in [7, 11) is 1.70. The number of amides is 1. The van der Waals surface area contributed by atoms with Gasteiger partial charge < -0.3 is 20.5 Å². The van der Waals surface area contributed by atoms with Gasteiger partial charge in [0.05, 0.1) is 0 Å². The van der Waals surface area contributed by atoms with Crippen LogP contribution in [0.3, 0.4) is 0 Å². The standard InChI is InChI=1S/C15H28N2O3/c1-19-9-3-10-20-11-7-12-4-2-8-15(12,14(16)18)17-13-5-6-13/h12-13,17H,2-11H2,1H3,(H2,16,18). The second kappa shape index (κ2) is 7.38. The Balaban J connectivity index is 1.77. The lowest BCUT2D eigenvalue weighted by Gasteiger charge is -2.34. The zero-order valence-corrected chi connectivity index (χ0v) is 12.5. The Kier molecular flexibility index (Phi) is 5.81. The number of carbonyl (C=O) groups excluding carboxylic acids is 1. The molecule has 2 fully saturated rings. The van der Waals surface area contributed by atoms with Crippen molar-refractivity contribution in [3.8, 4) is 0 Å². The van der Waals surface area contributed by atoms with Gasteiger partial charge in [-0.3, -0.25) is 4.79 Å². The largest absolute Gasteiger partial charge is 0.385 e. The molecule has 0 radical (unpaired) electrons. The van der Waals surface area contributed by atoms with E-state index in [1.54, 1.807) is 7.11 Å². The molecule has 5 nitrogen and oxygen atoms in total. The average molecular weight is 284 g/mol. The molecule has 2 unspecified atom stereocenters. The molecule has 2 saturated carbocycles. The van der Waals surface area contributed by atoms with Gasteiger partial charge in [0, 0.05) is 33.0 Å². The molecule has 1 amide bonds. The van der Waals surface area contributed by atoms with Crippen molar-refractivity contribution in [2.75, 3.05) is 26.9 Å². The highest BCUT2D eigenvalue weighted by molar-refractivity contribution is 5.85. The molecule has 116 valence electrons. The second-order valence-electron chi connectivity index (χ2n) is 6.09. The van der Waals surface area contributed by atoms with Crippen LogP contribution >= 0.6 is 0 Å². The fraction of sp³-hybridized carbons (Fsp3) is 0.933. The second-order valence-corrected chi connectivity index (χ2v) is 6.09. The van der Waals surface area contributed by atoms with Gasteiger partial charge in [-0.2, -0.15) is 0 Å². The van der Waals surface area contributed by atoms with Crippen molar-refractivity contribution in [3.63, 3.8) is 0 Å². The highest BCUT2D eigenvalue weighted by Crippen LogP contribution is 2.40. The van der Waals surface area contributed by atoms with Gasteiger partial charge in [0.1, 0.15) is 5.54 Å². The van der Waals surface area contributed by atoms with Gasteiger partial charge in [-0.15, -0.1) is 0 Å². The quantitative estimate of drug-likeness (QED) is 0.591. The van der Waals surface area contributed by atoms with Crippen molar-refractivity contribution < 1.29 is 14.3 Å². The summed E-state index contributed by atoms with van der Waals surface area (Å²) in [6, 6.07) is 0.505. The molecule has 0 bridgehead atoms. The molecule has 0 saturated heterocycles. The van der Waals surface area contributed by atoms with Gasteiger partial charge in [-0.05, 0) is 44.4 Å². The molecule has 0 spiro atoms. The maximum atomic E-state index is 12.0. The van der Waals surface area contributed by atoms with Gasteiger partial charge in [0.25, 0.3) is 0 Å². The van der Waals surface area contributed by atoms with Crippen molar-refractivity contribution >= 4 is 5.91 Å². The Bertz CT molecular complexity index is 320. The summed E-state index contributed by atoms with van der Waals surface area (Å²) in [5, 5.41) is 3.53. The molecule has 0 aliphatic heterocycles. The average Bonchev–Trinajstić information content (AvgIpc) is 3.13. The molecule has 0 aromatic heterocycles. The molecule has 2 rings (SSSR count). The predicted octanol–water partition coefficient (Wildman–Crippen LogP) is 1.21. The highest BCUT2D eigenvalue weighted by Gasteiger charge is 2.49. The van der Waals surface area contributed by atoms with Crippen LogP contribution in [0.5, 0.6) is 0 Å². The van der Waals surface area contributed by atoms with Crippen LogP contribution in [-0.4, -0.2) is 44.4 Å². The van der Waals surface area contributed by atoms with Crippen LogP contribution in [0.1, 0.15) is 44.9 Å². The van der Waals surface area contributed by atoms with Gasteiger partial charge in [0.2, 0.25) is 5.91 Å². The Labute approximate surface area is 121 Å². The first-order valence-corrected chi connectivity index (χ1v) is 7.83. The minimum Gasteiger partial charge on any atom is -0.385 e. The van der Waals surface area contributed by atoms with Gasteiger partial charge >= 0.3 is 0 Å². The number of carbonyl (C=O) groups is 1. The van der Waals surface area contributed by atoms with E-state index in [1.165, 1.54) is 12.8 Å².